The average molecular weight is 382 g/mol. The largest absolute Gasteiger partial charge is 0.454 e. The number of amides is 1. The number of benzene rings is 3. The molecule has 1 N–H and O–H groups in total. The summed E-state index contributed by atoms with van der Waals surface area (Å²) in [6.07, 6.45) is 0. The first-order valence-corrected chi connectivity index (χ1v) is 8.52. The van der Waals surface area contributed by atoms with E-state index >= 15 is 0 Å². The van der Waals surface area contributed by atoms with E-state index in [4.69, 9.17) is 21.1 Å². The zero-order valence-electron chi connectivity index (χ0n) is 14.4. The molecule has 0 aromatic heterocycles. The van der Waals surface area contributed by atoms with Gasteiger partial charge >= 0.3 is 5.97 Å². The average Bonchev–Trinajstić information content (AvgIpc) is 2.65. The number of carbonyl (C=O) groups excluding carboxylic acids is 2. The number of para-hydroxylation sites is 3. The molecule has 136 valence electrons. The summed E-state index contributed by atoms with van der Waals surface area (Å²) >= 11 is 6.13. The highest BCUT2D eigenvalue weighted by atomic mass is 35.5. The summed E-state index contributed by atoms with van der Waals surface area (Å²) < 4.78 is 10.8. The van der Waals surface area contributed by atoms with Crippen LogP contribution in [0.1, 0.15) is 17.3 Å². The maximum Gasteiger partial charge on any atom is 0.308 e. The predicted octanol–water partition coefficient (Wildman–Crippen LogP) is 5.31. The summed E-state index contributed by atoms with van der Waals surface area (Å²) in [5.41, 5.74) is 0.921. The van der Waals surface area contributed by atoms with E-state index < -0.39 is 5.97 Å². The number of esters is 1. The van der Waals surface area contributed by atoms with Gasteiger partial charge in [-0.05, 0) is 48.5 Å². The van der Waals surface area contributed by atoms with Gasteiger partial charge in [-0.3, -0.25) is 9.59 Å². The third-order valence-electron chi connectivity index (χ3n) is 3.57. The lowest BCUT2D eigenvalue weighted by atomic mass is 10.2. The van der Waals surface area contributed by atoms with E-state index in [1.165, 1.54) is 6.92 Å². The maximum absolute atomic E-state index is 12.5. The van der Waals surface area contributed by atoms with Crippen LogP contribution < -0.4 is 14.8 Å². The van der Waals surface area contributed by atoms with E-state index in [-0.39, 0.29) is 5.91 Å². The highest BCUT2D eigenvalue weighted by Crippen LogP contribution is 2.33. The van der Waals surface area contributed by atoms with Crippen molar-refractivity contribution in [3.63, 3.8) is 0 Å². The summed E-state index contributed by atoms with van der Waals surface area (Å²) in [7, 11) is 0. The van der Waals surface area contributed by atoms with Crippen molar-refractivity contribution >= 4 is 29.2 Å². The molecule has 0 fully saturated rings. The van der Waals surface area contributed by atoms with Crippen LogP contribution in [-0.2, 0) is 4.79 Å². The molecule has 0 radical (unpaired) electrons. The fourth-order valence-corrected chi connectivity index (χ4v) is 2.51. The van der Waals surface area contributed by atoms with Gasteiger partial charge in [-0.2, -0.15) is 0 Å². The molecule has 3 aromatic rings. The Balaban J connectivity index is 1.76. The van der Waals surface area contributed by atoms with Gasteiger partial charge in [-0.1, -0.05) is 35.9 Å². The van der Waals surface area contributed by atoms with Crippen molar-refractivity contribution in [1.82, 2.24) is 0 Å². The van der Waals surface area contributed by atoms with Crippen molar-refractivity contribution in [3.05, 3.63) is 83.4 Å². The van der Waals surface area contributed by atoms with Gasteiger partial charge in [0.2, 0.25) is 0 Å². The molecule has 1 amide bonds. The Bertz CT molecular complexity index is 970. The monoisotopic (exact) mass is 381 g/mol. The van der Waals surface area contributed by atoms with Crippen LogP contribution in [0, 0.1) is 0 Å². The maximum atomic E-state index is 12.5. The Labute approximate surface area is 161 Å². The molecule has 27 heavy (non-hydrogen) atoms. The Hall–Kier alpha value is -3.31. The number of hydrogen-bond donors (Lipinski definition) is 1. The SMILES string of the molecule is CC(=O)Oc1ccc(C(=O)Nc2ccccc2Oc2ccccc2Cl)cc1. The van der Waals surface area contributed by atoms with Crippen LogP contribution in [0.3, 0.4) is 0 Å². The van der Waals surface area contributed by atoms with Crippen LogP contribution in [0.2, 0.25) is 5.02 Å². The summed E-state index contributed by atoms with van der Waals surface area (Å²) in [4.78, 5) is 23.5. The topological polar surface area (TPSA) is 64.6 Å². The fourth-order valence-electron chi connectivity index (χ4n) is 2.34. The molecule has 5 nitrogen and oxygen atoms in total. The third kappa shape index (κ3) is 4.86. The number of ether oxygens (including phenoxy) is 2. The molecule has 0 saturated heterocycles. The molecule has 0 aliphatic carbocycles. The van der Waals surface area contributed by atoms with Crippen molar-refractivity contribution < 1.29 is 19.1 Å². The summed E-state index contributed by atoms with van der Waals surface area (Å²) in [5, 5.41) is 3.28. The zero-order valence-corrected chi connectivity index (χ0v) is 15.2. The Kier molecular flexibility index (Phi) is 5.74. The molecule has 0 heterocycles. The van der Waals surface area contributed by atoms with Crippen LogP contribution in [0.4, 0.5) is 5.69 Å². The molecule has 0 aliphatic rings. The standard InChI is InChI=1S/C21H16ClNO4/c1-14(24)26-16-12-10-15(11-13-16)21(25)23-18-7-3-5-9-20(18)27-19-8-4-2-6-17(19)22/h2-13H,1H3,(H,23,25). The Morgan fingerprint density at radius 1 is 0.852 bits per heavy atom. The van der Waals surface area contributed by atoms with Gasteiger partial charge in [0.1, 0.15) is 11.5 Å². The highest BCUT2D eigenvalue weighted by Gasteiger charge is 2.12. The second kappa shape index (κ2) is 8.38. The smallest absolute Gasteiger partial charge is 0.308 e. The van der Waals surface area contributed by atoms with Crippen LogP contribution in [0.5, 0.6) is 17.2 Å². The lowest BCUT2D eigenvalue weighted by Crippen LogP contribution is -2.12. The number of carbonyl (C=O) groups is 2. The quantitative estimate of drug-likeness (QED) is 0.480. The van der Waals surface area contributed by atoms with Crippen LogP contribution in [0.15, 0.2) is 72.8 Å². The minimum atomic E-state index is -0.419. The molecule has 0 spiro atoms. The molecule has 3 aromatic carbocycles. The molecular weight excluding hydrogens is 366 g/mol. The molecule has 0 aliphatic heterocycles. The lowest BCUT2D eigenvalue weighted by Gasteiger charge is -2.13. The van der Waals surface area contributed by atoms with Crippen molar-refractivity contribution in [2.24, 2.45) is 0 Å². The van der Waals surface area contributed by atoms with Gasteiger partial charge in [0.05, 0.1) is 10.7 Å². The van der Waals surface area contributed by atoms with E-state index in [9.17, 15) is 9.59 Å². The van der Waals surface area contributed by atoms with E-state index in [0.717, 1.165) is 0 Å². The van der Waals surface area contributed by atoms with Gasteiger partial charge in [0.15, 0.2) is 5.75 Å². The van der Waals surface area contributed by atoms with E-state index in [1.54, 1.807) is 60.7 Å². The first kappa shape index (κ1) is 18.5. The Morgan fingerprint density at radius 3 is 2.15 bits per heavy atom. The molecule has 0 bridgehead atoms. The first-order valence-electron chi connectivity index (χ1n) is 8.14. The summed E-state index contributed by atoms with van der Waals surface area (Å²) in [6, 6.07) is 20.4. The van der Waals surface area contributed by atoms with Crippen molar-refractivity contribution in [3.8, 4) is 17.2 Å². The van der Waals surface area contributed by atoms with Crippen molar-refractivity contribution in [2.45, 2.75) is 6.92 Å². The number of hydrogen-bond acceptors (Lipinski definition) is 4. The molecular formula is C21H16ClNO4. The number of anilines is 1. The van der Waals surface area contributed by atoms with Gasteiger partial charge in [0, 0.05) is 12.5 Å². The van der Waals surface area contributed by atoms with E-state index in [0.29, 0.717) is 33.5 Å². The van der Waals surface area contributed by atoms with E-state index in [1.807, 2.05) is 12.1 Å². The zero-order chi connectivity index (χ0) is 19.2. The molecule has 0 atom stereocenters. The Morgan fingerprint density at radius 2 is 1.48 bits per heavy atom. The van der Waals surface area contributed by atoms with Crippen molar-refractivity contribution in [2.75, 3.05) is 5.32 Å². The number of nitrogens with one attached hydrogen (secondary N) is 1. The predicted molar refractivity (Wildman–Crippen MR) is 104 cm³/mol. The van der Waals surface area contributed by atoms with Gasteiger partial charge in [-0.15, -0.1) is 0 Å². The van der Waals surface area contributed by atoms with Crippen LogP contribution in [0.25, 0.3) is 0 Å². The molecule has 0 saturated carbocycles. The van der Waals surface area contributed by atoms with E-state index in [2.05, 4.69) is 5.32 Å². The van der Waals surface area contributed by atoms with Crippen LogP contribution >= 0.6 is 11.6 Å². The lowest BCUT2D eigenvalue weighted by molar-refractivity contribution is -0.131. The normalized spacial score (nSPS) is 10.1. The fraction of sp³-hybridized carbons (Fsp3) is 0.0476. The number of rotatable bonds is 5. The second-order valence-electron chi connectivity index (χ2n) is 5.60. The third-order valence-corrected chi connectivity index (χ3v) is 3.88. The molecule has 6 heteroatoms. The van der Waals surface area contributed by atoms with Crippen LogP contribution in [-0.4, -0.2) is 11.9 Å². The number of halogens is 1. The molecule has 0 unspecified atom stereocenters. The van der Waals surface area contributed by atoms with Gasteiger partial charge in [0.25, 0.3) is 5.91 Å². The first-order chi connectivity index (χ1) is 13.0. The summed E-state index contributed by atoms with van der Waals surface area (Å²) in [6.45, 7) is 1.32. The molecule has 3 rings (SSSR count). The minimum Gasteiger partial charge on any atom is -0.454 e. The van der Waals surface area contributed by atoms with Crippen molar-refractivity contribution in [1.29, 1.82) is 0 Å². The second-order valence-corrected chi connectivity index (χ2v) is 6.01. The summed E-state index contributed by atoms with van der Waals surface area (Å²) in [5.74, 6) is 0.598. The minimum absolute atomic E-state index is 0.320. The van der Waals surface area contributed by atoms with Gasteiger partial charge < -0.3 is 14.8 Å². The highest BCUT2D eigenvalue weighted by molar-refractivity contribution is 6.32. The van der Waals surface area contributed by atoms with Gasteiger partial charge in [-0.25, -0.2) is 0 Å².